The molecule has 0 unspecified atom stereocenters. The van der Waals surface area contributed by atoms with Gasteiger partial charge in [0.2, 0.25) is 5.79 Å². The standard InChI is InChI=1S/C24H37ClO4/c1-21-15-20(25)24(28-12-13-29-24)14-16(21)4-5-17-18(21)6-9-22(2)19(17)7-10-23(22,27)8-3-11-26/h15-19,26-27H,3-14H2,1-2H3/t16-,17+,18-,19-,21-,22-,23-/m0/s1. The van der Waals surface area contributed by atoms with Crippen LogP contribution in [0.5, 0.6) is 0 Å². The van der Waals surface area contributed by atoms with E-state index in [4.69, 9.17) is 21.1 Å². The van der Waals surface area contributed by atoms with E-state index >= 15 is 0 Å². The van der Waals surface area contributed by atoms with Crippen molar-refractivity contribution in [3.63, 3.8) is 0 Å². The largest absolute Gasteiger partial charge is 0.396 e. The van der Waals surface area contributed by atoms with E-state index in [9.17, 15) is 10.2 Å². The van der Waals surface area contributed by atoms with Crippen LogP contribution in [0.2, 0.25) is 0 Å². The van der Waals surface area contributed by atoms with E-state index in [0.29, 0.717) is 43.3 Å². The van der Waals surface area contributed by atoms with Gasteiger partial charge in [-0.3, -0.25) is 0 Å². The summed E-state index contributed by atoms with van der Waals surface area (Å²) < 4.78 is 12.0. The molecule has 0 aromatic carbocycles. The van der Waals surface area contributed by atoms with Crippen molar-refractivity contribution in [1.29, 1.82) is 0 Å². The van der Waals surface area contributed by atoms with Gasteiger partial charge in [0.25, 0.3) is 0 Å². The Balaban J connectivity index is 1.44. The molecule has 0 amide bonds. The molecule has 3 saturated carbocycles. The Labute approximate surface area is 180 Å². The van der Waals surface area contributed by atoms with Gasteiger partial charge in [-0.25, -0.2) is 0 Å². The summed E-state index contributed by atoms with van der Waals surface area (Å²) >= 11 is 6.81. The van der Waals surface area contributed by atoms with Crippen molar-refractivity contribution in [3.05, 3.63) is 11.1 Å². The molecule has 2 N–H and O–H groups in total. The van der Waals surface area contributed by atoms with Crippen molar-refractivity contribution in [2.75, 3.05) is 19.8 Å². The summed E-state index contributed by atoms with van der Waals surface area (Å²) in [6.07, 6.45) is 11.3. The van der Waals surface area contributed by atoms with E-state index in [2.05, 4.69) is 19.9 Å². The van der Waals surface area contributed by atoms with Gasteiger partial charge in [-0.1, -0.05) is 31.5 Å². The highest BCUT2D eigenvalue weighted by Crippen LogP contribution is 2.69. The van der Waals surface area contributed by atoms with Gasteiger partial charge in [0.05, 0.1) is 23.8 Å². The zero-order chi connectivity index (χ0) is 20.5. The number of aliphatic hydroxyl groups excluding tert-OH is 1. The monoisotopic (exact) mass is 424 g/mol. The summed E-state index contributed by atoms with van der Waals surface area (Å²) in [6.45, 7) is 6.20. The second-order valence-electron chi connectivity index (χ2n) is 11.0. The highest BCUT2D eigenvalue weighted by atomic mass is 35.5. The fourth-order valence-corrected chi connectivity index (χ4v) is 8.85. The van der Waals surface area contributed by atoms with Gasteiger partial charge in [0.1, 0.15) is 0 Å². The van der Waals surface area contributed by atoms with E-state index in [1.165, 1.54) is 12.8 Å². The van der Waals surface area contributed by atoms with Crippen molar-refractivity contribution < 1.29 is 19.7 Å². The van der Waals surface area contributed by atoms with Crippen molar-refractivity contribution in [2.45, 2.75) is 83.0 Å². The molecule has 5 rings (SSSR count). The topological polar surface area (TPSA) is 58.9 Å². The van der Waals surface area contributed by atoms with Gasteiger partial charge in [0.15, 0.2) is 0 Å². The third kappa shape index (κ3) is 2.78. The maximum Gasteiger partial charge on any atom is 0.205 e. The number of aliphatic hydroxyl groups is 2. The molecule has 0 bridgehead atoms. The van der Waals surface area contributed by atoms with Crippen molar-refractivity contribution in [1.82, 2.24) is 0 Å². The van der Waals surface area contributed by atoms with E-state index < -0.39 is 11.4 Å². The molecule has 0 aromatic rings. The maximum atomic E-state index is 11.6. The predicted molar refractivity (Wildman–Crippen MR) is 112 cm³/mol. The Morgan fingerprint density at radius 3 is 2.52 bits per heavy atom. The maximum absolute atomic E-state index is 11.6. The van der Waals surface area contributed by atoms with Crippen LogP contribution in [-0.2, 0) is 9.47 Å². The molecule has 4 fully saturated rings. The lowest BCUT2D eigenvalue weighted by Crippen LogP contribution is -2.57. The van der Waals surface area contributed by atoms with Crippen LogP contribution in [0.25, 0.3) is 0 Å². The SMILES string of the molecule is C[C@]12C=C(Cl)C3(C[C@@H]1CC[C@@H]1[C@@H]2CC[C@@]2(C)[C@H]1CC[C@@]2(O)CCCO)OCCO3. The van der Waals surface area contributed by atoms with Crippen LogP contribution in [0.15, 0.2) is 11.1 Å². The second-order valence-corrected chi connectivity index (χ2v) is 11.4. The van der Waals surface area contributed by atoms with Gasteiger partial charge in [-0.05, 0) is 85.9 Å². The summed E-state index contributed by atoms with van der Waals surface area (Å²) in [5.41, 5.74) is -0.542. The smallest absolute Gasteiger partial charge is 0.205 e. The Bertz CT molecular complexity index is 688. The third-order valence-electron chi connectivity index (χ3n) is 10.1. The normalized spacial score (nSPS) is 50.7. The van der Waals surface area contributed by atoms with Gasteiger partial charge in [-0.15, -0.1) is 0 Å². The first-order valence-corrected chi connectivity index (χ1v) is 12.2. The molecule has 5 heteroatoms. The zero-order valence-electron chi connectivity index (χ0n) is 18.0. The van der Waals surface area contributed by atoms with Crippen LogP contribution < -0.4 is 0 Å². The van der Waals surface area contributed by atoms with Gasteiger partial charge < -0.3 is 19.7 Å². The molecule has 7 atom stereocenters. The predicted octanol–water partition coefficient (Wildman–Crippen LogP) is 4.62. The first-order valence-electron chi connectivity index (χ1n) is 11.8. The lowest BCUT2D eigenvalue weighted by Gasteiger charge is -2.61. The Morgan fingerprint density at radius 2 is 1.79 bits per heavy atom. The van der Waals surface area contributed by atoms with E-state index in [-0.39, 0.29) is 17.4 Å². The summed E-state index contributed by atoms with van der Waals surface area (Å²) in [4.78, 5) is 0. The van der Waals surface area contributed by atoms with E-state index in [1.54, 1.807) is 0 Å². The molecule has 0 aromatic heterocycles. The number of fused-ring (bicyclic) bond motifs is 5. The fraction of sp³-hybridized carbons (Fsp3) is 0.917. The number of rotatable bonds is 3. The molecule has 5 aliphatic rings. The second kappa shape index (κ2) is 6.93. The molecule has 164 valence electrons. The molecule has 0 radical (unpaired) electrons. The zero-order valence-corrected chi connectivity index (χ0v) is 18.7. The molecule has 4 nitrogen and oxygen atoms in total. The number of hydrogen-bond donors (Lipinski definition) is 2. The third-order valence-corrected chi connectivity index (χ3v) is 10.5. The van der Waals surface area contributed by atoms with E-state index in [1.807, 2.05) is 0 Å². The lowest BCUT2D eigenvalue weighted by atomic mass is 9.45. The molecule has 1 heterocycles. The number of hydrogen-bond acceptors (Lipinski definition) is 4. The van der Waals surface area contributed by atoms with Gasteiger partial charge in [0, 0.05) is 13.0 Å². The number of ether oxygens (including phenoxy) is 2. The van der Waals surface area contributed by atoms with E-state index in [0.717, 1.165) is 43.6 Å². The van der Waals surface area contributed by atoms with Crippen molar-refractivity contribution in [2.24, 2.45) is 34.5 Å². The Morgan fingerprint density at radius 1 is 1.07 bits per heavy atom. The van der Waals surface area contributed by atoms with Crippen LogP contribution in [0.1, 0.15) is 71.6 Å². The van der Waals surface area contributed by atoms with Crippen LogP contribution in [-0.4, -0.2) is 41.4 Å². The van der Waals surface area contributed by atoms with Crippen molar-refractivity contribution >= 4 is 11.6 Å². The molecule has 1 spiro atoms. The van der Waals surface area contributed by atoms with Gasteiger partial charge in [-0.2, -0.15) is 0 Å². The van der Waals surface area contributed by atoms with Crippen LogP contribution in [0.4, 0.5) is 0 Å². The summed E-state index contributed by atoms with van der Waals surface area (Å²) in [5, 5.41) is 21.7. The summed E-state index contributed by atoms with van der Waals surface area (Å²) in [7, 11) is 0. The minimum atomic E-state index is -0.681. The first-order chi connectivity index (χ1) is 13.8. The number of allylic oxidation sites excluding steroid dienone is 1. The fourth-order valence-electron chi connectivity index (χ4n) is 8.42. The Kier molecular flexibility index (Phi) is 4.96. The molecule has 1 aliphatic heterocycles. The van der Waals surface area contributed by atoms with Gasteiger partial charge >= 0.3 is 0 Å². The summed E-state index contributed by atoms with van der Waals surface area (Å²) in [6, 6.07) is 0. The number of halogens is 1. The molecule has 1 saturated heterocycles. The van der Waals surface area contributed by atoms with Crippen LogP contribution >= 0.6 is 11.6 Å². The Hall–Kier alpha value is -0.130. The average Bonchev–Trinajstić information content (AvgIpc) is 3.26. The summed E-state index contributed by atoms with van der Waals surface area (Å²) in [5.74, 6) is 1.71. The minimum Gasteiger partial charge on any atom is -0.396 e. The van der Waals surface area contributed by atoms with Crippen molar-refractivity contribution in [3.8, 4) is 0 Å². The quantitative estimate of drug-likeness (QED) is 0.694. The highest BCUT2D eigenvalue weighted by Gasteiger charge is 2.65. The molecular weight excluding hydrogens is 388 g/mol. The minimum absolute atomic E-state index is 0.0202. The first kappa shape index (κ1) is 20.8. The average molecular weight is 425 g/mol. The molecular formula is C24H37ClO4. The van der Waals surface area contributed by atoms with Crippen LogP contribution in [0, 0.1) is 34.5 Å². The highest BCUT2D eigenvalue weighted by molar-refractivity contribution is 6.30. The lowest BCUT2D eigenvalue weighted by molar-refractivity contribution is -0.177. The van der Waals surface area contributed by atoms with Crippen LogP contribution in [0.3, 0.4) is 0 Å². The molecule has 4 aliphatic carbocycles. The molecule has 29 heavy (non-hydrogen) atoms.